The quantitative estimate of drug-likeness (QED) is 0.351. The van der Waals surface area contributed by atoms with Crippen LogP contribution in [-0.4, -0.2) is 40.3 Å². The van der Waals surface area contributed by atoms with Gasteiger partial charge in [-0.2, -0.15) is 5.10 Å². The second kappa shape index (κ2) is 12.1. The third-order valence-electron chi connectivity index (χ3n) is 4.86. The van der Waals surface area contributed by atoms with Crippen LogP contribution in [0.3, 0.4) is 0 Å². The Morgan fingerprint density at radius 3 is 2.39 bits per heavy atom. The molecule has 0 unspecified atom stereocenters. The molecule has 1 saturated heterocycles. The zero-order valence-electron chi connectivity index (χ0n) is 17.0. The molecule has 154 valence electrons. The maximum Gasteiger partial charge on any atom is 0.191 e. The molecule has 1 aromatic carbocycles. The maximum atomic E-state index is 4.64. The number of likely N-dealkylation sites (tertiary alicyclic amines) is 1. The highest BCUT2D eigenvalue weighted by molar-refractivity contribution is 14.0. The van der Waals surface area contributed by atoms with Gasteiger partial charge in [-0.05, 0) is 44.0 Å². The van der Waals surface area contributed by atoms with E-state index in [1.54, 1.807) is 4.68 Å². The number of nitrogens with one attached hydrogen (secondary N) is 2. The van der Waals surface area contributed by atoms with Gasteiger partial charge in [-0.3, -0.25) is 9.58 Å². The molecule has 28 heavy (non-hydrogen) atoms. The van der Waals surface area contributed by atoms with Gasteiger partial charge >= 0.3 is 0 Å². The Labute approximate surface area is 185 Å². The van der Waals surface area contributed by atoms with E-state index in [2.05, 4.69) is 56.8 Å². The molecule has 2 N–H and O–H groups in total. The van der Waals surface area contributed by atoms with Crippen molar-refractivity contribution in [3.05, 3.63) is 53.3 Å². The first-order chi connectivity index (χ1) is 13.2. The van der Waals surface area contributed by atoms with Gasteiger partial charge in [-0.1, -0.05) is 30.7 Å². The summed E-state index contributed by atoms with van der Waals surface area (Å²) >= 11 is 0. The van der Waals surface area contributed by atoms with Crippen LogP contribution in [0.1, 0.15) is 42.9 Å². The molecule has 0 atom stereocenters. The fraction of sp³-hybridized carbons (Fsp3) is 0.524. The highest BCUT2D eigenvalue weighted by Crippen LogP contribution is 2.13. The van der Waals surface area contributed by atoms with Crippen LogP contribution in [0.4, 0.5) is 0 Å². The summed E-state index contributed by atoms with van der Waals surface area (Å²) in [5.41, 5.74) is 3.78. The van der Waals surface area contributed by atoms with Crippen LogP contribution in [0.2, 0.25) is 0 Å². The van der Waals surface area contributed by atoms with Crippen molar-refractivity contribution in [3.8, 4) is 0 Å². The Balaban J connectivity index is 0.00000280. The number of halogens is 1. The third kappa shape index (κ3) is 7.43. The molecule has 2 aromatic rings. The lowest BCUT2D eigenvalue weighted by atomic mass is 10.1. The van der Waals surface area contributed by atoms with Crippen LogP contribution < -0.4 is 10.6 Å². The normalized spacial score (nSPS) is 15.1. The number of piperidine rings is 1. The topological polar surface area (TPSA) is 57.5 Å². The van der Waals surface area contributed by atoms with Crippen LogP contribution in [0.25, 0.3) is 0 Å². The monoisotopic (exact) mass is 496 g/mol. The second-order valence-corrected chi connectivity index (χ2v) is 7.22. The molecule has 2 heterocycles. The number of nitrogens with zero attached hydrogens (tertiary/aromatic N) is 4. The highest BCUT2D eigenvalue weighted by Gasteiger charge is 2.10. The average Bonchev–Trinajstić information content (AvgIpc) is 3.11. The molecule has 0 spiro atoms. The minimum atomic E-state index is 0. The van der Waals surface area contributed by atoms with Gasteiger partial charge in [0, 0.05) is 38.4 Å². The number of guanidine groups is 1. The van der Waals surface area contributed by atoms with Gasteiger partial charge in [-0.25, -0.2) is 4.99 Å². The summed E-state index contributed by atoms with van der Waals surface area (Å²) in [6.07, 6.45) is 7.92. The molecule has 7 heteroatoms. The van der Waals surface area contributed by atoms with Crippen molar-refractivity contribution in [3.63, 3.8) is 0 Å². The fourth-order valence-electron chi connectivity index (χ4n) is 3.39. The molecule has 1 aliphatic heterocycles. The standard InChI is InChI=1S/C21H32N6.HI/c1-3-22-21(24-14-20-15-25-26(2)16-20)23-13-18-7-9-19(10-8-18)17-27-11-5-4-6-12-27;/h7-10,15-16H,3-6,11-14,17H2,1-2H3,(H2,22,23,24);1H. The third-order valence-corrected chi connectivity index (χ3v) is 4.86. The Kier molecular flexibility index (Phi) is 9.77. The molecule has 1 fully saturated rings. The van der Waals surface area contributed by atoms with Crippen molar-refractivity contribution in [2.75, 3.05) is 19.6 Å². The molecule has 6 nitrogen and oxygen atoms in total. The number of benzene rings is 1. The number of aryl methyl sites for hydroxylation is 1. The summed E-state index contributed by atoms with van der Waals surface area (Å²) < 4.78 is 1.80. The lowest BCUT2D eigenvalue weighted by molar-refractivity contribution is 0.221. The SMILES string of the molecule is CCNC(=NCc1cnn(C)c1)NCc1ccc(CN2CCCCC2)cc1.I. The molecule has 3 rings (SSSR count). The van der Waals surface area contributed by atoms with Gasteiger partial charge in [0.1, 0.15) is 0 Å². The zero-order valence-corrected chi connectivity index (χ0v) is 19.4. The minimum Gasteiger partial charge on any atom is -0.357 e. The summed E-state index contributed by atoms with van der Waals surface area (Å²) in [7, 11) is 1.92. The molecule has 1 aliphatic rings. The highest BCUT2D eigenvalue weighted by atomic mass is 127. The Hall–Kier alpha value is -1.61. The van der Waals surface area contributed by atoms with Gasteiger partial charge in [0.15, 0.2) is 5.96 Å². The smallest absolute Gasteiger partial charge is 0.191 e. The van der Waals surface area contributed by atoms with Crippen LogP contribution in [-0.2, 0) is 26.7 Å². The lowest BCUT2D eigenvalue weighted by Gasteiger charge is -2.26. The van der Waals surface area contributed by atoms with Gasteiger partial charge in [0.2, 0.25) is 0 Å². The van der Waals surface area contributed by atoms with Crippen LogP contribution >= 0.6 is 24.0 Å². The van der Waals surface area contributed by atoms with Gasteiger partial charge in [0.25, 0.3) is 0 Å². The predicted molar refractivity (Wildman–Crippen MR) is 126 cm³/mol. The molecule has 1 aromatic heterocycles. The minimum absolute atomic E-state index is 0. The predicted octanol–water partition coefficient (Wildman–Crippen LogP) is 3.28. The first kappa shape index (κ1) is 22.7. The number of hydrogen-bond donors (Lipinski definition) is 2. The van der Waals surface area contributed by atoms with Crippen LogP contribution in [0.5, 0.6) is 0 Å². The number of rotatable bonds is 7. The second-order valence-electron chi connectivity index (χ2n) is 7.22. The summed E-state index contributed by atoms with van der Waals surface area (Å²) in [5.74, 6) is 0.832. The first-order valence-electron chi connectivity index (χ1n) is 10.0. The summed E-state index contributed by atoms with van der Waals surface area (Å²) in [6.45, 7) is 7.86. The van der Waals surface area contributed by atoms with E-state index in [0.717, 1.165) is 31.2 Å². The first-order valence-corrected chi connectivity index (χ1v) is 10.0. The number of hydrogen-bond acceptors (Lipinski definition) is 3. The Morgan fingerprint density at radius 1 is 1.04 bits per heavy atom. The van der Waals surface area contributed by atoms with Gasteiger partial charge < -0.3 is 10.6 Å². The van der Waals surface area contributed by atoms with E-state index < -0.39 is 0 Å². The van der Waals surface area contributed by atoms with Crippen molar-refractivity contribution in [1.82, 2.24) is 25.3 Å². The average molecular weight is 496 g/mol. The van der Waals surface area contributed by atoms with Crippen molar-refractivity contribution in [2.45, 2.75) is 45.8 Å². The Bertz CT molecular complexity index is 719. The van der Waals surface area contributed by atoms with Crippen molar-refractivity contribution < 1.29 is 0 Å². The molecule has 0 bridgehead atoms. The van der Waals surface area contributed by atoms with Crippen molar-refractivity contribution in [2.24, 2.45) is 12.0 Å². The number of aromatic nitrogens is 2. The van der Waals surface area contributed by atoms with E-state index in [-0.39, 0.29) is 24.0 Å². The molecular formula is C21H33IN6. The summed E-state index contributed by atoms with van der Waals surface area (Å²) in [5, 5.41) is 10.9. The number of aliphatic imine (C=N–C) groups is 1. The maximum absolute atomic E-state index is 4.64. The van der Waals surface area contributed by atoms with E-state index in [1.165, 1.54) is 43.5 Å². The van der Waals surface area contributed by atoms with E-state index >= 15 is 0 Å². The molecular weight excluding hydrogens is 463 g/mol. The van der Waals surface area contributed by atoms with E-state index in [1.807, 2.05) is 19.4 Å². The molecule has 0 amide bonds. The lowest BCUT2D eigenvalue weighted by Crippen LogP contribution is -2.36. The summed E-state index contributed by atoms with van der Waals surface area (Å²) in [4.78, 5) is 7.20. The molecule has 0 aliphatic carbocycles. The Morgan fingerprint density at radius 2 is 1.75 bits per heavy atom. The van der Waals surface area contributed by atoms with Crippen molar-refractivity contribution >= 4 is 29.9 Å². The van der Waals surface area contributed by atoms with Gasteiger partial charge in [-0.15, -0.1) is 24.0 Å². The van der Waals surface area contributed by atoms with Crippen LogP contribution in [0, 0.1) is 0 Å². The molecule has 0 saturated carbocycles. The fourth-order valence-corrected chi connectivity index (χ4v) is 3.39. The van der Waals surface area contributed by atoms with Crippen LogP contribution in [0.15, 0.2) is 41.7 Å². The van der Waals surface area contributed by atoms with E-state index in [4.69, 9.17) is 0 Å². The molecule has 0 radical (unpaired) electrons. The van der Waals surface area contributed by atoms with Gasteiger partial charge in [0.05, 0.1) is 12.7 Å². The zero-order chi connectivity index (χ0) is 18.9. The van der Waals surface area contributed by atoms with E-state index in [9.17, 15) is 0 Å². The largest absolute Gasteiger partial charge is 0.357 e. The van der Waals surface area contributed by atoms with E-state index in [0.29, 0.717) is 6.54 Å². The van der Waals surface area contributed by atoms with Crippen molar-refractivity contribution in [1.29, 1.82) is 0 Å². The summed E-state index contributed by atoms with van der Waals surface area (Å²) in [6, 6.07) is 8.95.